The lowest BCUT2D eigenvalue weighted by Gasteiger charge is -2.23. The summed E-state index contributed by atoms with van der Waals surface area (Å²) in [6.45, 7) is 6.52. The van der Waals surface area contributed by atoms with Crippen molar-refractivity contribution in [2.24, 2.45) is 10.6 Å². The summed E-state index contributed by atoms with van der Waals surface area (Å²) in [7, 11) is -3.91. The van der Waals surface area contributed by atoms with Gasteiger partial charge in [0.05, 0.1) is 15.5 Å². The van der Waals surface area contributed by atoms with Gasteiger partial charge in [0.1, 0.15) is 0 Å². The van der Waals surface area contributed by atoms with E-state index in [1.807, 2.05) is 20.8 Å². The van der Waals surface area contributed by atoms with Gasteiger partial charge in [-0.25, -0.2) is 13.6 Å². The number of nitrogens with one attached hydrogen (secondary N) is 1. The molecule has 0 unspecified atom stereocenters. The van der Waals surface area contributed by atoms with Gasteiger partial charge in [-0.2, -0.15) is 0 Å². The Morgan fingerprint density at radius 1 is 1.43 bits per heavy atom. The van der Waals surface area contributed by atoms with Crippen LogP contribution in [-0.4, -0.2) is 20.9 Å². The maximum absolute atomic E-state index is 12.2. The molecule has 3 N–H and O–H groups in total. The molecule has 0 radical (unpaired) electrons. The Morgan fingerprint density at radius 2 is 2.00 bits per heavy atom. The molecule has 0 aliphatic heterocycles. The van der Waals surface area contributed by atoms with E-state index in [0.717, 1.165) is 6.42 Å². The zero-order chi connectivity index (χ0) is 16.4. The fraction of sp³-hybridized carbons (Fsp3) is 0.462. The van der Waals surface area contributed by atoms with E-state index in [0.29, 0.717) is 11.0 Å². The monoisotopic (exact) mass is 396 g/mol. The second-order valence-electron chi connectivity index (χ2n) is 5.51. The first-order valence-electron chi connectivity index (χ1n) is 6.28. The molecule has 1 rings (SSSR count). The van der Waals surface area contributed by atoms with E-state index in [9.17, 15) is 13.2 Å². The SMILES string of the molecule is CCC(C)(C)CNC(=O)c1cc(S(N)(=O)=O)cc(Br)c1Cl. The summed E-state index contributed by atoms with van der Waals surface area (Å²) >= 11 is 9.18. The van der Waals surface area contributed by atoms with Crippen LogP contribution in [-0.2, 0) is 10.0 Å². The number of nitrogens with two attached hydrogens (primary N) is 1. The molecule has 0 spiro atoms. The lowest BCUT2D eigenvalue weighted by atomic mass is 9.90. The van der Waals surface area contributed by atoms with Crippen molar-refractivity contribution in [3.8, 4) is 0 Å². The molecule has 21 heavy (non-hydrogen) atoms. The summed E-state index contributed by atoms with van der Waals surface area (Å²) < 4.78 is 23.1. The average molecular weight is 398 g/mol. The van der Waals surface area contributed by atoms with Crippen molar-refractivity contribution in [2.45, 2.75) is 32.1 Å². The van der Waals surface area contributed by atoms with Crippen molar-refractivity contribution >= 4 is 43.5 Å². The molecule has 0 aromatic heterocycles. The van der Waals surface area contributed by atoms with Crippen molar-refractivity contribution in [2.75, 3.05) is 6.54 Å². The number of halogens is 2. The fourth-order valence-electron chi connectivity index (χ4n) is 1.43. The molecule has 0 saturated carbocycles. The normalized spacial score (nSPS) is 12.3. The first-order valence-corrected chi connectivity index (χ1v) is 8.99. The van der Waals surface area contributed by atoms with Crippen LogP contribution in [0.1, 0.15) is 37.6 Å². The van der Waals surface area contributed by atoms with Crippen LogP contribution in [0.3, 0.4) is 0 Å². The molecule has 118 valence electrons. The predicted octanol–water partition coefficient (Wildman–Crippen LogP) is 2.92. The third-order valence-corrected chi connectivity index (χ3v) is 5.41. The standard InChI is InChI=1S/C13H18BrClN2O3S/c1-4-13(2,3)7-17-12(18)9-5-8(21(16,19)20)6-10(14)11(9)15/h5-6H,4,7H2,1-3H3,(H,17,18)(H2,16,19,20). The molecule has 0 bridgehead atoms. The van der Waals surface area contributed by atoms with E-state index in [-0.39, 0.29) is 20.9 Å². The van der Waals surface area contributed by atoms with Crippen molar-refractivity contribution in [3.63, 3.8) is 0 Å². The minimum absolute atomic E-state index is 0.0586. The van der Waals surface area contributed by atoms with E-state index in [1.165, 1.54) is 12.1 Å². The highest BCUT2D eigenvalue weighted by Gasteiger charge is 2.21. The molecule has 0 atom stereocenters. The summed E-state index contributed by atoms with van der Waals surface area (Å²) in [6, 6.07) is 2.45. The summed E-state index contributed by atoms with van der Waals surface area (Å²) in [4.78, 5) is 12.0. The van der Waals surface area contributed by atoms with E-state index >= 15 is 0 Å². The first kappa shape index (κ1) is 18.4. The molecule has 0 saturated heterocycles. The van der Waals surface area contributed by atoms with Crippen molar-refractivity contribution < 1.29 is 13.2 Å². The number of benzene rings is 1. The summed E-state index contributed by atoms with van der Waals surface area (Å²) in [5.41, 5.74) is 0.0127. The number of carbonyl (C=O) groups is 1. The molecular formula is C13H18BrClN2O3S. The smallest absolute Gasteiger partial charge is 0.252 e. The molecule has 5 nitrogen and oxygen atoms in total. The summed E-state index contributed by atoms with van der Waals surface area (Å²) in [6.07, 6.45) is 0.891. The lowest BCUT2D eigenvalue weighted by molar-refractivity contribution is 0.0935. The number of sulfonamides is 1. The highest BCUT2D eigenvalue weighted by molar-refractivity contribution is 9.10. The zero-order valence-electron chi connectivity index (χ0n) is 12.0. The number of hydrogen-bond donors (Lipinski definition) is 2. The maximum atomic E-state index is 12.2. The Balaban J connectivity index is 3.13. The molecule has 0 aliphatic carbocycles. The van der Waals surface area contributed by atoms with Crippen LogP contribution in [0.5, 0.6) is 0 Å². The Labute approximate surface area is 138 Å². The van der Waals surface area contributed by atoms with Gasteiger partial charge in [0.25, 0.3) is 5.91 Å². The average Bonchev–Trinajstić information content (AvgIpc) is 2.38. The molecular weight excluding hydrogens is 380 g/mol. The van der Waals surface area contributed by atoms with E-state index in [4.69, 9.17) is 16.7 Å². The number of amides is 1. The van der Waals surface area contributed by atoms with Crippen molar-refractivity contribution in [1.29, 1.82) is 0 Å². The number of primary sulfonamides is 1. The molecule has 0 aliphatic rings. The van der Waals surface area contributed by atoms with Crippen molar-refractivity contribution in [1.82, 2.24) is 5.32 Å². The minimum atomic E-state index is -3.91. The zero-order valence-corrected chi connectivity index (χ0v) is 15.2. The summed E-state index contributed by atoms with van der Waals surface area (Å²) in [5.74, 6) is -0.437. The quantitative estimate of drug-likeness (QED) is 0.800. The van der Waals surface area contributed by atoms with Gasteiger partial charge < -0.3 is 5.32 Å². The molecule has 1 aromatic rings. The topological polar surface area (TPSA) is 89.3 Å². The highest BCUT2D eigenvalue weighted by atomic mass is 79.9. The van der Waals surface area contributed by atoms with Gasteiger partial charge >= 0.3 is 0 Å². The Bertz CT molecular complexity index is 660. The van der Waals surface area contributed by atoms with Crippen molar-refractivity contribution in [3.05, 3.63) is 27.2 Å². The van der Waals surface area contributed by atoms with E-state index < -0.39 is 15.9 Å². The minimum Gasteiger partial charge on any atom is -0.351 e. The number of carbonyl (C=O) groups excluding carboxylic acids is 1. The van der Waals surface area contributed by atoms with Crippen LogP contribution in [0.2, 0.25) is 5.02 Å². The predicted molar refractivity (Wildman–Crippen MR) is 86.9 cm³/mol. The largest absolute Gasteiger partial charge is 0.351 e. The molecule has 8 heteroatoms. The van der Waals surface area contributed by atoms with Gasteiger partial charge in [-0.1, -0.05) is 32.4 Å². The fourth-order valence-corrected chi connectivity index (χ4v) is 2.80. The van der Waals surface area contributed by atoms with Crippen LogP contribution >= 0.6 is 27.5 Å². The first-order chi connectivity index (χ1) is 9.48. The lowest BCUT2D eigenvalue weighted by Crippen LogP contribution is -2.34. The highest BCUT2D eigenvalue weighted by Crippen LogP contribution is 2.29. The Morgan fingerprint density at radius 3 is 2.48 bits per heavy atom. The van der Waals surface area contributed by atoms with Gasteiger partial charge in [-0.05, 0) is 39.9 Å². The summed E-state index contributed by atoms with van der Waals surface area (Å²) in [5, 5.41) is 7.99. The van der Waals surface area contributed by atoms with Gasteiger partial charge in [0.2, 0.25) is 10.0 Å². The third-order valence-electron chi connectivity index (χ3n) is 3.26. The van der Waals surface area contributed by atoms with Crippen LogP contribution in [0, 0.1) is 5.41 Å². The maximum Gasteiger partial charge on any atom is 0.252 e. The molecule has 0 fully saturated rings. The van der Waals surface area contributed by atoms with Crippen LogP contribution in [0.15, 0.2) is 21.5 Å². The number of hydrogen-bond acceptors (Lipinski definition) is 3. The van der Waals surface area contributed by atoms with Gasteiger partial charge in [0, 0.05) is 11.0 Å². The molecule has 1 aromatic carbocycles. The molecule has 1 amide bonds. The molecule has 0 heterocycles. The third kappa shape index (κ3) is 4.95. The van der Waals surface area contributed by atoms with E-state index in [1.54, 1.807) is 0 Å². The van der Waals surface area contributed by atoms with Gasteiger partial charge in [-0.3, -0.25) is 4.79 Å². The number of rotatable bonds is 5. The van der Waals surface area contributed by atoms with Gasteiger partial charge in [-0.15, -0.1) is 0 Å². The van der Waals surface area contributed by atoms with Gasteiger partial charge in [0.15, 0.2) is 0 Å². The Kier molecular flexibility index (Phi) is 5.83. The second kappa shape index (κ2) is 6.64. The Hall–Kier alpha value is -0.630. The van der Waals surface area contributed by atoms with E-state index in [2.05, 4.69) is 21.2 Å². The van der Waals surface area contributed by atoms with Crippen LogP contribution < -0.4 is 10.5 Å². The second-order valence-corrected chi connectivity index (χ2v) is 8.31. The van der Waals surface area contributed by atoms with Crippen LogP contribution in [0.4, 0.5) is 0 Å². The van der Waals surface area contributed by atoms with Crippen LogP contribution in [0.25, 0.3) is 0 Å².